The minimum Gasteiger partial charge on any atom is -0.349 e. The van der Waals surface area contributed by atoms with Crippen LogP contribution in [0.2, 0.25) is 0 Å². The first kappa shape index (κ1) is 13.0. The summed E-state index contributed by atoms with van der Waals surface area (Å²) in [6, 6.07) is 0. The lowest BCUT2D eigenvalue weighted by atomic mass is 10.4. The summed E-state index contributed by atoms with van der Waals surface area (Å²) in [4.78, 5) is 33.0. The van der Waals surface area contributed by atoms with Gasteiger partial charge in [0.1, 0.15) is 5.69 Å². The molecule has 100 valence electrons. The molecule has 0 saturated carbocycles. The van der Waals surface area contributed by atoms with E-state index in [2.05, 4.69) is 20.3 Å². The van der Waals surface area contributed by atoms with Crippen LogP contribution in [0.1, 0.15) is 21.9 Å². The standard InChI is InChI=1S/C12H15N5O2/c1-8-9(2)17(7-15-8)4-3-14-12(19)10-5-13-6-11(18)16-10/h5-7H,3-4H2,1-2H3,(H,14,19)(H,16,18). The summed E-state index contributed by atoms with van der Waals surface area (Å²) in [6.45, 7) is 4.99. The number of amides is 1. The van der Waals surface area contributed by atoms with Gasteiger partial charge in [0.05, 0.1) is 24.4 Å². The van der Waals surface area contributed by atoms with Crippen LogP contribution in [0.15, 0.2) is 23.5 Å². The van der Waals surface area contributed by atoms with E-state index in [1.165, 1.54) is 6.20 Å². The topological polar surface area (TPSA) is 92.7 Å². The van der Waals surface area contributed by atoms with E-state index in [1.807, 2.05) is 18.4 Å². The van der Waals surface area contributed by atoms with Gasteiger partial charge in [-0.25, -0.2) is 4.98 Å². The molecule has 2 aromatic rings. The smallest absolute Gasteiger partial charge is 0.269 e. The third-order valence-corrected chi connectivity index (χ3v) is 2.88. The maximum Gasteiger partial charge on any atom is 0.269 e. The zero-order valence-corrected chi connectivity index (χ0v) is 10.8. The highest BCUT2D eigenvalue weighted by Crippen LogP contribution is 2.02. The fraction of sp³-hybridized carbons (Fsp3) is 0.333. The Bertz CT molecular complexity index is 644. The van der Waals surface area contributed by atoms with Crippen molar-refractivity contribution in [2.24, 2.45) is 0 Å². The van der Waals surface area contributed by atoms with Crippen molar-refractivity contribution in [3.05, 3.63) is 46.2 Å². The number of imidazole rings is 1. The van der Waals surface area contributed by atoms with Crippen LogP contribution in [-0.2, 0) is 6.54 Å². The number of aromatic nitrogens is 4. The highest BCUT2D eigenvalue weighted by Gasteiger charge is 2.07. The van der Waals surface area contributed by atoms with Crippen LogP contribution in [0.3, 0.4) is 0 Å². The van der Waals surface area contributed by atoms with Crippen molar-refractivity contribution in [1.82, 2.24) is 24.8 Å². The summed E-state index contributed by atoms with van der Waals surface area (Å²) >= 11 is 0. The molecule has 0 bridgehead atoms. The summed E-state index contributed by atoms with van der Waals surface area (Å²) in [5, 5.41) is 2.71. The van der Waals surface area contributed by atoms with Crippen molar-refractivity contribution in [3.63, 3.8) is 0 Å². The van der Waals surface area contributed by atoms with Crippen molar-refractivity contribution < 1.29 is 4.79 Å². The average Bonchev–Trinajstić information content (AvgIpc) is 2.70. The van der Waals surface area contributed by atoms with Gasteiger partial charge in [-0.3, -0.25) is 14.6 Å². The van der Waals surface area contributed by atoms with E-state index in [-0.39, 0.29) is 11.6 Å². The van der Waals surface area contributed by atoms with Crippen LogP contribution in [-0.4, -0.2) is 32.0 Å². The Morgan fingerprint density at radius 2 is 2.21 bits per heavy atom. The molecule has 1 amide bonds. The number of hydrogen-bond acceptors (Lipinski definition) is 4. The number of aromatic amines is 1. The number of carbonyl (C=O) groups excluding carboxylic acids is 1. The predicted octanol–water partition coefficient (Wildman–Crippen LogP) is 0.0132. The summed E-state index contributed by atoms with van der Waals surface area (Å²) in [7, 11) is 0. The molecular formula is C12H15N5O2. The number of aryl methyl sites for hydroxylation is 1. The molecule has 2 heterocycles. The van der Waals surface area contributed by atoms with Gasteiger partial charge in [0, 0.05) is 18.8 Å². The first-order valence-corrected chi connectivity index (χ1v) is 5.89. The number of carbonyl (C=O) groups is 1. The van der Waals surface area contributed by atoms with Crippen LogP contribution in [0.25, 0.3) is 0 Å². The van der Waals surface area contributed by atoms with Crippen LogP contribution in [0.5, 0.6) is 0 Å². The molecule has 2 aromatic heterocycles. The number of rotatable bonds is 4. The third kappa shape index (κ3) is 3.06. The fourth-order valence-electron chi connectivity index (χ4n) is 1.65. The van der Waals surface area contributed by atoms with Gasteiger partial charge < -0.3 is 14.9 Å². The van der Waals surface area contributed by atoms with Gasteiger partial charge in [-0.2, -0.15) is 0 Å². The van der Waals surface area contributed by atoms with Crippen molar-refractivity contribution >= 4 is 5.91 Å². The normalized spacial score (nSPS) is 10.4. The lowest BCUT2D eigenvalue weighted by Crippen LogP contribution is -2.29. The van der Waals surface area contributed by atoms with E-state index in [0.29, 0.717) is 13.1 Å². The summed E-state index contributed by atoms with van der Waals surface area (Å²) in [5.41, 5.74) is 1.81. The van der Waals surface area contributed by atoms with Crippen molar-refractivity contribution in [3.8, 4) is 0 Å². The largest absolute Gasteiger partial charge is 0.349 e. The number of H-pyrrole nitrogens is 1. The monoisotopic (exact) mass is 261 g/mol. The number of nitrogens with one attached hydrogen (secondary N) is 2. The Hall–Kier alpha value is -2.44. The van der Waals surface area contributed by atoms with Crippen molar-refractivity contribution in [2.75, 3.05) is 6.54 Å². The molecule has 2 N–H and O–H groups in total. The minimum absolute atomic E-state index is 0.158. The van der Waals surface area contributed by atoms with E-state index < -0.39 is 5.56 Å². The van der Waals surface area contributed by atoms with E-state index in [9.17, 15) is 9.59 Å². The molecule has 0 unspecified atom stereocenters. The third-order valence-electron chi connectivity index (χ3n) is 2.88. The van der Waals surface area contributed by atoms with Crippen LogP contribution in [0.4, 0.5) is 0 Å². The van der Waals surface area contributed by atoms with E-state index in [4.69, 9.17) is 0 Å². The number of hydrogen-bond donors (Lipinski definition) is 2. The molecule has 0 fully saturated rings. The van der Waals surface area contributed by atoms with E-state index >= 15 is 0 Å². The van der Waals surface area contributed by atoms with Gasteiger partial charge in [0.15, 0.2) is 0 Å². The molecule has 2 rings (SSSR count). The average molecular weight is 261 g/mol. The Labute approximate surface area is 109 Å². The van der Waals surface area contributed by atoms with Crippen LogP contribution in [0, 0.1) is 13.8 Å². The SMILES string of the molecule is Cc1ncn(CCNC(=O)c2cncc(=O)[nH]2)c1C. The molecule has 0 radical (unpaired) electrons. The lowest BCUT2D eigenvalue weighted by Gasteiger charge is -2.07. The molecule has 19 heavy (non-hydrogen) atoms. The molecular weight excluding hydrogens is 246 g/mol. The summed E-state index contributed by atoms with van der Waals surface area (Å²) in [5.74, 6) is -0.348. The molecule has 0 saturated heterocycles. The Kier molecular flexibility index (Phi) is 3.74. The summed E-state index contributed by atoms with van der Waals surface area (Å²) in [6.07, 6.45) is 4.18. The van der Waals surface area contributed by atoms with Crippen molar-refractivity contribution in [1.29, 1.82) is 0 Å². The highest BCUT2D eigenvalue weighted by atomic mass is 16.2. The van der Waals surface area contributed by atoms with E-state index in [1.54, 1.807) is 6.33 Å². The maximum absolute atomic E-state index is 11.7. The molecule has 0 atom stereocenters. The Morgan fingerprint density at radius 1 is 1.42 bits per heavy atom. The predicted molar refractivity (Wildman–Crippen MR) is 68.9 cm³/mol. The number of nitrogens with zero attached hydrogens (tertiary/aromatic N) is 3. The van der Waals surface area contributed by atoms with Gasteiger partial charge in [0.2, 0.25) is 0 Å². The molecule has 0 aromatic carbocycles. The van der Waals surface area contributed by atoms with Gasteiger partial charge >= 0.3 is 0 Å². The van der Waals surface area contributed by atoms with Gasteiger partial charge in [-0.1, -0.05) is 0 Å². The minimum atomic E-state index is -0.395. The lowest BCUT2D eigenvalue weighted by molar-refractivity contribution is 0.0946. The molecule has 7 heteroatoms. The molecule has 0 aliphatic rings. The van der Waals surface area contributed by atoms with Gasteiger partial charge in [-0.15, -0.1) is 0 Å². The molecule has 0 aliphatic carbocycles. The fourth-order valence-corrected chi connectivity index (χ4v) is 1.65. The second kappa shape index (κ2) is 5.47. The first-order chi connectivity index (χ1) is 9.08. The molecule has 0 spiro atoms. The second-order valence-corrected chi connectivity index (χ2v) is 4.17. The quantitative estimate of drug-likeness (QED) is 0.811. The summed E-state index contributed by atoms with van der Waals surface area (Å²) < 4.78 is 1.96. The maximum atomic E-state index is 11.7. The van der Waals surface area contributed by atoms with Crippen LogP contribution < -0.4 is 10.9 Å². The van der Waals surface area contributed by atoms with E-state index in [0.717, 1.165) is 17.6 Å². The zero-order chi connectivity index (χ0) is 13.8. The molecule has 0 aliphatic heterocycles. The second-order valence-electron chi connectivity index (χ2n) is 4.17. The zero-order valence-electron chi connectivity index (χ0n) is 10.8. The molecule has 7 nitrogen and oxygen atoms in total. The van der Waals surface area contributed by atoms with Gasteiger partial charge in [-0.05, 0) is 13.8 Å². The first-order valence-electron chi connectivity index (χ1n) is 5.89. The van der Waals surface area contributed by atoms with Crippen molar-refractivity contribution in [2.45, 2.75) is 20.4 Å². The Balaban J connectivity index is 1.91. The highest BCUT2D eigenvalue weighted by molar-refractivity contribution is 5.91. The van der Waals surface area contributed by atoms with Crippen LogP contribution >= 0.6 is 0 Å². The Morgan fingerprint density at radius 3 is 2.84 bits per heavy atom. The van der Waals surface area contributed by atoms with Gasteiger partial charge in [0.25, 0.3) is 11.5 Å².